The molecule has 1 aromatic rings. The van der Waals surface area contributed by atoms with Crippen LogP contribution in [0.3, 0.4) is 0 Å². The van der Waals surface area contributed by atoms with Crippen molar-refractivity contribution in [2.24, 2.45) is 0 Å². The molecule has 1 heterocycles. The van der Waals surface area contributed by atoms with Crippen molar-refractivity contribution in [1.82, 2.24) is 4.73 Å². The second kappa shape index (κ2) is 2.56. The van der Waals surface area contributed by atoms with Gasteiger partial charge in [-0.05, 0) is 12.2 Å². The summed E-state index contributed by atoms with van der Waals surface area (Å²) in [6.07, 6.45) is 1.89. The van der Waals surface area contributed by atoms with Crippen LogP contribution in [-0.4, -0.2) is 9.94 Å². The number of aromatic nitrogens is 2. The average molecular weight is 169 g/mol. The highest BCUT2D eigenvalue weighted by molar-refractivity contribution is 7.71. The van der Waals surface area contributed by atoms with Gasteiger partial charge in [-0.3, -0.25) is 0 Å². The van der Waals surface area contributed by atoms with Gasteiger partial charge in [-0.1, -0.05) is 4.73 Å². The summed E-state index contributed by atoms with van der Waals surface area (Å²) in [5.74, 6) is 0. The molecule has 1 rings (SSSR count). The lowest BCUT2D eigenvalue weighted by Crippen LogP contribution is -2.30. The van der Waals surface area contributed by atoms with Crippen molar-refractivity contribution in [3.05, 3.63) is 27.9 Å². The van der Waals surface area contributed by atoms with Crippen LogP contribution < -0.4 is 4.73 Å². The van der Waals surface area contributed by atoms with Gasteiger partial charge in [0.1, 0.15) is 6.07 Å². The predicted octanol–water partition coefficient (Wildman–Crippen LogP) is -0.0400. The molecule has 0 aliphatic carbocycles. The first-order chi connectivity index (χ1) is 5.15. The van der Waals surface area contributed by atoms with Crippen molar-refractivity contribution in [1.29, 1.82) is 5.26 Å². The van der Waals surface area contributed by atoms with Gasteiger partial charge < -0.3 is 10.4 Å². The quantitative estimate of drug-likeness (QED) is 0.256. The van der Waals surface area contributed by atoms with Crippen LogP contribution in [-0.2, 0) is 0 Å². The molecule has 0 aliphatic heterocycles. The van der Waals surface area contributed by atoms with Gasteiger partial charge >= 0.3 is 0 Å². The van der Waals surface area contributed by atoms with E-state index in [9.17, 15) is 5.21 Å². The smallest absolute Gasteiger partial charge is 0.287 e. The van der Waals surface area contributed by atoms with Crippen LogP contribution in [0.4, 0.5) is 0 Å². The number of rotatable bonds is 0. The lowest BCUT2D eigenvalue weighted by molar-refractivity contribution is -0.620. The fraction of sp³-hybridized carbons (Fsp3) is 0. The maximum atomic E-state index is 10.7. The van der Waals surface area contributed by atoms with Crippen LogP contribution >= 0.6 is 12.2 Å². The van der Waals surface area contributed by atoms with Crippen molar-refractivity contribution >= 4 is 12.2 Å². The van der Waals surface area contributed by atoms with Gasteiger partial charge in [-0.2, -0.15) is 5.26 Å². The molecule has 0 aliphatic rings. The van der Waals surface area contributed by atoms with E-state index in [1.165, 1.54) is 0 Å². The molecule has 1 N–H and O–H groups in total. The molecule has 56 valence electrons. The molecule has 11 heavy (non-hydrogen) atoms. The fourth-order valence-corrected chi connectivity index (χ4v) is 0.722. The summed E-state index contributed by atoms with van der Waals surface area (Å²) in [7, 11) is 0. The van der Waals surface area contributed by atoms with Crippen molar-refractivity contribution in [2.75, 3.05) is 0 Å². The Hall–Kier alpha value is -1.61. The van der Waals surface area contributed by atoms with E-state index in [4.69, 9.17) is 10.5 Å². The SMILES string of the molecule is N#Cc1cn(O)c[n+]([O-])c1=S. The Morgan fingerprint density at radius 2 is 2.45 bits per heavy atom. The molecule has 1 aromatic heterocycles. The highest BCUT2D eigenvalue weighted by Gasteiger charge is 2.03. The third kappa shape index (κ3) is 1.28. The zero-order valence-electron chi connectivity index (χ0n) is 5.26. The molecular weight excluding hydrogens is 166 g/mol. The molecule has 0 fully saturated rings. The van der Waals surface area contributed by atoms with Crippen LogP contribution in [0.25, 0.3) is 0 Å². The molecule has 0 spiro atoms. The third-order valence-electron chi connectivity index (χ3n) is 1.04. The Bertz CT molecular complexity index is 378. The minimum atomic E-state index is -0.141. The van der Waals surface area contributed by atoms with Gasteiger partial charge in [0.2, 0.25) is 4.64 Å². The number of nitrogens with zero attached hydrogens (tertiary/aromatic N) is 3. The van der Waals surface area contributed by atoms with Gasteiger partial charge in [0.15, 0.2) is 11.8 Å². The summed E-state index contributed by atoms with van der Waals surface area (Å²) in [6.45, 7) is 0. The second-order valence-corrected chi connectivity index (χ2v) is 2.17. The van der Waals surface area contributed by atoms with Gasteiger partial charge in [-0.15, -0.1) is 0 Å². The molecule has 0 atom stereocenters. The summed E-state index contributed by atoms with van der Waals surface area (Å²) in [5, 5.41) is 27.8. The Labute approximate surface area is 66.9 Å². The Morgan fingerprint density at radius 1 is 1.82 bits per heavy atom. The fourth-order valence-electron chi connectivity index (χ4n) is 0.576. The van der Waals surface area contributed by atoms with E-state index in [1.54, 1.807) is 6.07 Å². The van der Waals surface area contributed by atoms with Gasteiger partial charge in [0, 0.05) is 0 Å². The molecule has 0 bridgehead atoms. The first-order valence-electron chi connectivity index (χ1n) is 2.60. The second-order valence-electron chi connectivity index (χ2n) is 1.78. The summed E-state index contributed by atoms with van der Waals surface area (Å²) in [6, 6.07) is 1.67. The molecule has 0 aromatic carbocycles. The molecule has 0 unspecified atom stereocenters. The Kier molecular flexibility index (Phi) is 1.74. The third-order valence-corrected chi connectivity index (χ3v) is 1.44. The molecular formula is C5H3N3O2S. The molecule has 0 saturated carbocycles. The normalized spacial score (nSPS) is 9.00. The first kappa shape index (κ1) is 7.50. The number of hydrogen-bond donors (Lipinski definition) is 1. The average Bonchev–Trinajstić information content (AvgIpc) is 1.96. The monoisotopic (exact) mass is 169 g/mol. The molecule has 6 heteroatoms. The molecule has 5 nitrogen and oxygen atoms in total. The van der Waals surface area contributed by atoms with Crippen molar-refractivity contribution < 1.29 is 9.94 Å². The summed E-state index contributed by atoms with van der Waals surface area (Å²) in [5.41, 5.74) is -0.0278. The minimum Gasteiger partial charge on any atom is -0.710 e. The van der Waals surface area contributed by atoms with E-state index in [0.717, 1.165) is 12.5 Å². The lowest BCUT2D eigenvalue weighted by Gasteiger charge is -2.00. The van der Waals surface area contributed by atoms with Crippen molar-refractivity contribution in [3.63, 3.8) is 0 Å². The van der Waals surface area contributed by atoms with E-state index in [1.807, 2.05) is 0 Å². The zero-order valence-corrected chi connectivity index (χ0v) is 6.08. The van der Waals surface area contributed by atoms with Gasteiger partial charge in [0.25, 0.3) is 6.33 Å². The van der Waals surface area contributed by atoms with Crippen molar-refractivity contribution in [3.8, 4) is 6.07 Å². The van der Waals surface area contributed by atoms with Crippen LogP contribution in [0.15, 0.2) is 12.5 Å². The summed E-state index contributed by atoms with van der Waals surface area (Å²) < 4.78 is 0.590. The standard InChI is InChI=1S/C5H3N3O2S/c6-1-4-2-7(9)3-8(10)5(4)11/h2-3,9H. The highest BCUT2D eigenvalue weighted by atomic mass is 32.1. The van der Waals surface area contributed by atoms with Crippen LogP contribution in [0.1, 0.15) is 5.56 Å². The number of nitriles is 1. The van der Waals surface area contributed by atoms with Gasteiger partial charge in [-0.25, -0.2) is 4.73 Å². The largest absolute Gasteiger partial charge is 0.710 e. The zero-order chi connectivity index (χ0) is 8.43. The molecule has 0 radical (unpaired) electrons. The topological polar surface area (TPSA) is 75.9 Å². The van der Waals surface area contributed by atoms with E-state index in [2.05, 4.69) is 12.2 Å². The van der Waals surface area contributed by atoms with Crippen molar-refractivity contribution in [2.45, 2.75) is 0 Å². The van der Waals surface area contributed by atoms with Crippen LogP contribution in [0, 0.1) is 21.2 Å². The predicted molar refractivity (Wildman–Crippen MR) is 36.1 cm³/mol. The Morgan fingerprint density at radius 3 is 3.00 bits per heavy atom. The Balaban J connectivity index is 3.52. The maximum Gasteiger partial charge on any atom is 0.287 e. The van der Waals surface area contributed by atoms with Crippen LogP contribution in [0.5, 0.6) is 0 Å². The first-order valence-corrected chi connectivity index (χ1v) is 3.01. The number of hydrogen-bond acceptors (Lipinski definition) is 4. The van der Waals surface area contributed by atoms with E-state index >= 15 is 0 Å². The van der Waals surface area contributed by atoms with E-state index in [0.29, 0.717) is 4.73 Å². The summed E-state index contributed by atoms with van der Waals surface area (Å²) in [4.78, 5) is 0. The molecule has 0 amide bonds. The van der Waals surface area contributed by atoms with E-state index in [-0.39, 0.29) is 14.9 Å². The summed E-state index contributed by atoms with van der Waals surface area (Å²) >= 11 is 4.56. The maximum absolute atomic E-state index is 10.7. The minimum absolute atomic E-state index is 0.0278. The van der Waals surface area contributed by atoms with E-state index < -0.39 is 0 Å². The molecule has 0 saturated heterocycles. The van der Waals surface area contributed by atoms with Crippen LogP contribution in [0.2, 0.25) is 0 Å². The highest BCUT2D eigenvalue weighted by Crippen LogP contribution is 1.93. The lowest BCUT2D eigenvalue weighted by atomic mass is 10.4. The van der Waals surface area contributed by atoms with Gasteiger partial charge in [0.05, 0.1) is 0 Å².